The maximum Gasteiger partial charge on any atom is 0.127 e. The predicted molar refractivity (Wildman–Crippen MR) is 116 cm³/mol. The lowest BCUT2D eigenvalue weighted by Gasteiger charge is -2.16. The SMILES string of the molecule is COc1ccccc1C(=Pc1c(C)cc(C)cc1C)c1ccccc1OC. The Balaban J connectivity index is 2.32. The largest absolute Gasteiger partial charge is 0.496 e. The maximum atomic E-state index is 5.67. The van der Waals surface area contributed by atoms with Crippen LogP contribution in [-0.2, 0) is 0 Å². The van der Waals surface area contributed by atoms with E-state index in [2.05, 4.69) is 57.2 Å². The van der Waals surface area contributed by atoms with Gasteiger partial charge in [-0.3, -0.25) is 0 Å². The van der Waals surface area contributed by atoms with E-state index in [0.29, 0.717) is 0 Å². The lowest BCUT2D eigenvalue weighted by molar-refractivity contribution is 0.412. The molecule has 0 N–H and O–H groups in total. The van der Waals surface area contributed by atoms with Crippen LogP contribution in [0.25, 0.3) is 0 Å². The second-order valence-electron chi connectivity index (χ2n) is 6.61. The minimum absolute atomic E-state index is 0.869. The molecule has 3 aromatic carbocycles. The molecule has 0 radical (unpaired) electrons. The summed E-state index contributed by atoms with van der Waals surface area (Å²) in [6.45, 7) is 6.51. The third-order valence-electron chi connectivity index (χ3n) is 4.58. The lowest BCUT2D eigenvalue weighted by Crippen LogP contribution is -2.11. The Hall–Kier alpha value is -2.57. The third kappa shape index (κ3) is 4.07. The van der Waals surface area contributed by atoms with Gasteiger partial charge in [0.05, 0.1) is 14.2 Å². The van der Waals surface area contributed by atoms with Gasteiger partial charge < -0.3 is 9.47 Å². The Morgan fingerprint density at radius 3 is 1.59 bits per heavy atom. The molecule has 0 aliphatic heterocycles. The molecule has 0 aliphatic rings. The van der Waals surface area contributed by atoms with Crippen LogP contribution in [0.15, 0.2) is 60.7 Å². The van der Waals surface area contributed by atoms with Crippen LogP contribution in [0.1, 0.15) is 27.8 Å². The van der Waals surface area contributed by atoms with Crippen LogP contribution >= 0.6 is 8.20 Å². The fraction of sp³-hybridized carbons (Fsp3) is 0.208. The van der Waals surface area contributed by atoms with E-state index in [9.17, 15) is 0 Å². The van der Waals surface area contributed by atoms with Crippen LogP contribution in [0, 0.1) is 20.8 Å². The molecule has 0 atom stereocenters. The van der Waals surface area contributed by atoms with Gasteiger partial charge in [-0.15, -0.1) is 0 Å². The number of methoxy groups -OCH3 is 2. The molecule has 138 valence electrons. The van der Waals surface area contributed by atoms with E-state index in [0.717, 1.165) is 30.8 Å². The fourth-order valence-corrected chi connectivity index (χ4v) is 4.72. The first-order valence-corrected chi connectivity index (χ1v) is 9.88. The molecule has 0 saturated carbocycles. The molecule has 0 spiro atoms. The van der Waals surface area contributed by atoms with E-state index in [4.69, 9.17) is 9.47 Å². The van der Waals surface area contributed by atoms with E-state index in [1.165, 1.54) is 27.3 Å². The van der Waals surface area contributed by atoms with Crippen molar-refractivity contribution in [1.29, 1.82) is 0 Å². The molecule has 0 aliphatic carbocycles. The predicted octanol–water partition coefficient (Wildman–Crippen LogP) is 5.47. The number of benzene rings is 3. The van der Waals surface area contributed by atoms with Gasteiger partial charge in [0.1, 0.15) is 11.5 Å². The summed E-state index contributed by atoms with van der Waals surface area (Å²) in [7, 11) is 4.58. The molecule has 3 heteroatoms. The van der Waals surface area contributed by atoms with Crippen LogP contribution in [-0.4, -0.2) is 19.5 Å². The first-order chi connectivity index (χ1) is 13.0. The van der Waals surface area contributed by atoms with Crippen LogP contribution in [0.4, 0.5) is 0 Å². The van der Waals surface area contributed by atoms with Crippen LogP contribution in [0.5, 0.6) is 11.5 Å². The summed E-state index contributed by atoms with van der Waals surface area (Å²) in [6.07, 6.45) is 0. The van der Waals surface area contributed by atoms with E-state index < -0.39 is 0 Å². The molecule has 0 bridgehead atoms. The monoisotopic (exact) mass is 376 g/mol. The van der Waals surface area contributed by atoms with Gasteiger partial charge in [-0.05, 0) is 44.0 Å². The van der Waals surface area contributed by atoms with Gasteiger partial charge in [-0.25, -0.2) is 0 Å². The van der Waals surface area contributed by atoms with Crippen molar-refractivity contribution in [3.05, 3.63) is 88.5 Å². The first-order valence-electron chi connectivity index (χ1n) is 8.98. The highest BCUT2D eigenvalue weighted by Gasteiger charge is 2.16. The highest BCUT2D eigenvalue weighted by molar-refractivity contribution is 7.50. The number of aryl methyl sites for hydroxylation is 3. The Labute approximate surface area is 163 Å². The average molecular weight is 376 g/mol. The number of rotatable bonds is 5. The van der Waals surface area contributed by atoms with E-state index in [1.54, 1.807) is 14.2 Å². The first kappa shape index (κ1) is 19.2. The summed E-state index contributed by atoms with van der Waals surface area (Å²) in [6, 6.07) is 20.9. The number of ether oxygens (including phenoxy) is 2. The van der Waals surface area contributed by atoms with E-state index >= 15 is 0 Å². The van der Waals surface area contributed by atoms with Crippen molar-refractivity contribution in [2.75, 3.05) is 14.2 Å². The van der Waals surface area contributed by atoms with Crippen LogP contribution in [0.2, 0.25) is 0 Å². The molecule has 0 unspecified atom stereocenters. The highest BCUT2D eigenvalue weighted by Crippen LogP contribution is 2.31. The number of hydrogen-bond acceptors (Lipinski definition) is 2. The second-order valence-corrected chi connectivity index (χ2v) is 7.73. The summed E-state index contributed by atoms with van der Waals surface area (Å²) in [5.41, 5.74) is 6.07. The summed E-state index contributed by atoms with van der Waals surface area (Å²) in [4.78, 5) is 0. The number of para-hydroxylation sites is 2. The molecule has 2 nitrogen and oxygen atoms in total. The topological polar surface area (TPSA) is 18.5 Å². The van der Waals surface area contributed by atoms with Crippen molar-refractivity contribution in [3.8, 4) is 11.5 Å². The molecule has 0 heterocycles. The normalized spacial score (nSPS) is 10.7. The Bertz CT molecular complexity index is 917. The van der Waals surface area contributed by atoms with Gasteiger partial charge in [0.2, 0.25) is 0 Å². The summed E-state index contributed by atoms with van der Waals surface area (Å²) in [5, 5.41) is 2.51. The Morgan fingerprint density at radius 1 is 0.704 bits per heavy atom. The van der Waals surface area contributed by atoms with Crippen molar-refractivity contribution < 1.29 is 9.47 Å². The molecule has 0 saturated heterocycles. The third-order valence-corrected chi connectivity index (χ3v) is 6.22. The summed E-state index contributed by atoms with van der Waals surface area (Å²) < 4.78 is 11.3. The summed E-state index contributed by atoms with van der Waals surface area (Å²) in [5.74, 6) is 1.74. The van der Waals surface area contributed by atoms with E-state index in [-0.39, 0.29) is 0 Å². The fourth-order valence-electron chi connectivity index (χ4n) is 3.41. The highest BCUT2D eigenvalue weighted by atomic mass is 31.1. The van der Waals surface area contributed by atoms with Crippen LogP contribution < -0.4 is 14.8 Å². The lowest BCUT2D eigenvalue weighted by atomic mass is 10.0. The van der Waals surface area contributed by atoms with Crippen molar-refractivity contribution in [3.63, 3.8) is 0 Å². The van der Waals surface area contributed by atoms with E-state index in [1.807, 2.05) is 24.3 Å². The van der Waals surface area contributed by atoms with Gasteiger partial charge in [-0.1, -0.05) is 62.3 Å². The summed E-state index contributed by atoms with van der Waals surface area (Å²) >= 11 is 0. The van der Waals surface area contributed by atoms with Gasteiger partial charge >= 0.3 is 0 Å². The maximum absolute atomic E-state index is 5.67. The van der Waals surface area contributed by atoms with Gasteiger partial charge in [0.15, 0.2) is 0 Å². The molecule has 3 aromatic rings. The van der Waals surface area contributed by atoms with Gasteiger partial charge in [0.25, 0.3) is 0 Å². The van der Waals surface area contributed by atoms with Gasteiger partial charge in [0, 0.05) is 21.7 Å². The second kappa shape index (κ2) is 8.41. The molecule has 27 heavy (non-hydrogen) atoms. The molecule has 3 rings (SSSR count). The quantitative estimate of drug-likeness (QED) is 0.550. The zero-order chi connectivity index (χ0) is 19.4. The van der Waals surface area contributed by atoms with Crippen molar-refractivity contribution in [2.24, 2.45) is 0 Å². The standard InChI is InChI=1S/C24H25O2P/c1-16-14-17(2)23(18(3)15-16)27-24(19-10-6-8-12-21(19)25-4)20-11-7-9-13-22(20)26-5/h6-15H,1-5H3. The molecular formula is C24H25O2P. The smallest absolute Gasteiger partial charge is 0.127 e. The molecule has 0 amide bonds. The van der Waals surface area contributed by atoms with Crippen molar-refractivity contribution in [1.82, 2.24) is 0 Å². The zero-order valence-electron chi connectivity index (χ0n) is 16.5. The Morgan fingerprint density at radius 2 is 1.15 bits per heavy atom. The van der Waals surface area contributed by atoms with Crippen LogP contribution in [0.3, 0.4) is 0 Å². The van der Waals surface area contributed by atoms with Gasteiger partial charge in [-0.2, -0.15) is 0 Å². The average Bonchev–Trinajstić information content (AvgIpc) is 2.67. The molecule has 0 aromatic heterocycles. The molecule has 0 fully saturated rings. The minimum atomic E-state index is 0.869. The zero-order valence-corrected chi connectivity index (χ0v) is 17.4. The molecular weight excluding hydrogens is 351 g/mol. The van der Waals surface area contributed by atoms with Crippen molar-refractivity contribution in [2.45, 2.75) is 20.8 Å². The Kier molecular flexibility index (Phi) is 5.98. The van der Waals surface area contributed by atoms with Crippen molar-refractivity contribution >= 4 is 18.8 Å². The number of hydrogen-bond donors (Lipinski definition) is 0. The minimum Gasteiger partial charge on any atom is -0.496 e.